The number of nitrogens with zero attached hydrogens (tertiary/aromatic N) is 2. The topological polar surface area (TPSA) is 70.1 Å². The van der Waals surface area contributed by atoms with E-state index in [0.29, 0.717) is 11.1 Å². The molecule has 0 aliphatic rings. The number of nitriles is 1. The fourth-order valence-corrected chi connectivity index (χ4v) is 1.70. The molecule has 0 heterocycles. The summed E-state index contributed by atoms with van der Waals surface area (Å²) in [5.41, 5.74) is 6.57. The minimum atomic E-state index is -0.420. The molecule has 0 aromatic heterocycles. The van der Waals surface area contributed by atoms with Gasteiger partial charge in [-0.05, 0) is 24.1 Å². The van der Waals surface area contributed by atoms with E-state index in [9.17, 15) is 9.18 Å². The second kappa shape index (κ2) is 7.01. The fraction of sp³-hybridized carbons (Fsp3) is 0.467. The molecule has 1 aromatic carbocycles. The Bertz CT molecular complexity index is 522. The SMILES string of the molecule is CC(C)C(N)CC(=O)N(C)Cc1cc(C#N)ccc1F. The van der Waals surface area contributed by atoms with Crippen LogP contribution in [0.15, 0.2) is 18.2 Å². The van der Waals surface area contributed by atoms with E-state index >= 15 is 0 Å². The number of rotatable bonds is 5. The fourth-order valence-electron chi connectivity index (χ4n) is 1.70. The van der Waals surface area contributed by atoms with Crippen molar-refractivity contribution in [3.05, 3.63) is 35.1 Å². The Morgan fingerprint density at radius 2 is 2.15 bits per heavy atom. The molecule has 2 N–H and O–H groups in total. The molecule has 1 amide bonds. The number of halogens is 1. The van der Waals surface area contributed by atoms with E-state index < -0.39 is 5.82 Å². The Morgan fingerprint density at radius 3 is 2.70 bits per heavy atom. The van der Waals surface area contributed by atoms with Crippen LogP contribution in [-0.4, -0.2) is 23.9 Å². The molecule has 1 aromatic rings. The van der Waals surface area contributed by atoms with Crippen molar-refractivity contribution in [2.75, 3.05) is 7.05 Å². The standard InChI is InChI=1S/C15H20FN3O/c1-10(2)14(18)7-15(20)19(3)9-12-6-11(8-17)4-5-13(12)16/h4-6,10,14H,7,9,18H2,1-3H3. The van der Waals surface area contributed by atoms with Gasteiger partial charge in [-0.15, -0.1) is 0 Å². The average molecular weight is 277 g/mol. The van der Waals surface area contributed by atoms with Crippen LogP contribution in [0.5, 0.6) is 0 Å². The lowest BCUT2D eigenvalue weighted by Gasteiger charge is -2.21. The number of hydrogen-bond donors (Lipinski definition) is 1. The van der Waals surface area contributed by atoms with Crippen LogP contribution in [0.3, 0.4) is 0 Å². The number of amides is 1. The first kappa shape index (κ1) is 16.1. The molecule has 0 radical (unpaired) electrons. The smallest absolute Gasteiger partial charge is 0.224 e. The highest BCUT2D eigenvalue weighted by Gasteiger charge is 2.17. The molecule has 0 saturated heterocycles. The molecule has 0 spiro atoms. The quantitative estimate of drug-likeness (QED) is 0.895. The highest BCUT2D eigenvalue weighted by atomic mass is 19.1. The first-order valence-electron chi connectivity index (χ1n) is 6.53. The molecule has 0 saturated carbocycles. The van der Waals surface area contributed by atoms with Crippen LogP contribution in [-0.2, 0) is 11.3 Å². The van der Waals surface area contributed by atoms with E-state index in [0.717, 1.165) is 0 Å². The van der Waals surface area contributed by atoms with Crippen LogP contribution in [0.25, 0.3) is 0 Å². The molecule has 1 unspecified atom stereocenters. The van der Waals surface area contributed by atoms with Crippen LogP contribution in [0.2, 0.25) is 0 Å². The largest absolute Gasteiger partial charge is 0.341 e. The van der Waals surface area contributed by atoms with Crippen LogP contribution in [0, 0.1) is 23.1 Å². The van der Waals surface area contributed by atoms with E-state index in [4.69, 9.17) is 11.0 Å². The predicted molar refractivity (Wildman–Crippen MR) is 75.0 cm³/mol. The van der Waals surface area contributed by atoms with Gasteiger partial charge in [-0.1, -0.05) is 13.8 Å². The van der Waals surface area contributed by atoms with Crippen molar-refractivity contribution in [3.63, 3.8) is 0 Å². The van der Waals surface area contributed by atoms with Gasteiger partial charge in [0.15, 0.2) is 0 Å². The minimum absolute atomic E-state index is 0.130. The van der Waals surface area contributed by atoms with Crippen molar-refractivity contribution >= 4 is 5.91 Å². The zero-order chi connectivity index (χ0) is 15.3. The minimum Gasteiger partial charge on any atom is -0.341 e. The Hall–Kier alpha value is -1.93. The summed E-state index contributed by atoms with van der Waals surface area (Å²) in [6.45, 7) is 4.03. The van der Waals surface area contributed by atoms with Crippen LogP contribution >= 0.6 is 0 Å². The van der Waals surface area contributed by atoms with Gasteiger partial charge in [0, 0.05) is 31.6 Å². The molecule has 0 aliphatic heterocycles. The van der Waals surface area contributed by atoms with Crippen LogP contribution in [0.4, 0.5) is 4.39 Å². The van der Waals surface area contributed by atoms with Crippen molar-refractivity contribution in [3.8, 4) is 6.07 Å². The third-order valence-electron chi connectivity index (χ3n) is 3.27. The number of carbonyl (C=O) groups excluding carboxylic acids is 1. The molecular formula is C15H20FN3O. The Labute approximate surface area is 119 Å². The summed E-state index contributed by atoms with van der Waals surface area (Å²) in [6.07, 6.45) is 0.230. The van der Waals surface area contributed by atoms with Gasteiger partial charge in [0.05, 0.1) is 11.6 Å². The van der Waals surface area contributed by atoms with E-state index in [-0.39, 0.29) is 30.8 Å². The van der Waals surface area contributed by atoms with Crippen molar-refractivity contribution in [1.29, 1.82) is 5.26 Å². The van der Waals surface area contributed by atoms with Crippen molar-refractivity contribution < 1.29 is 9.18 Å². The molecular weight excluding hydrogens is 257 g/mol. The first-order valence-corrected chi connectivity index (χ1v) is 6.53. The normalized spacial score (nSPS) is 12.1. The molecule has 4 nitrogen and oxygen atoms in total. The van der Waals surface area contributed by atoms with Crippen molar-refractivity contribution in [2.24, 2.45) is 11.7 Å². The number of hydrogen-bond acceptors (Lipinski definition) is 3. The van der Waals surface area contributed by atoms with E-state index in [1.54, 1.807) is 7.05 Å². The molecule has 108 valence electrons. The lowest BCUT2D eigenvalue weighted by molar-refractivity contribution is -0.131. The maximum atomic E-state index is 13.6. The number of nitrogens with two attached hydrogens (primary N) is 1. The summed E-state index contributed by atoms with van der Waals surface area (Å²) >= 11 is 0. The molecule has 5 heteroatoms. The average Bonchev–Trinajstić information content (AvgIpc) is 2.40. The molecule has 1 atom stereocenters. The van der Waals surface area contributed by atoms with Crippen molar-refractivity contribution in [2.45, 2.75) is 32.9 Å². The second-order valence-corrected chi connectivity index (χ2v) is 5.28. The number of benzene rings is 1. The van der Waals surface area contributed by atoms with Gasteiger partial charge < -0.3 is 10.6 Å². The highest BCUT2D eigenvalue weighted by molar-refractivity contribution is 5.76. The zero-order valence-corrected chi connectivity index (χ0v) is 12.1. The maximum Gasteiger partial charge on any atom is 0.224 e. The first-order chi connectivity index (χ1) is 9.35. The van der Waals surface area contributed by atoms with Crippen molar-refractivity contribution in [1.82, 2.24) is 4.90 Å². The summed E-state index contributed by atoms with van der Waals surface area (Å²) in [5, 5.41) is 8.81. The van der Waals surface area contributed by atoms with Gasteiger partial charge in [-0.25, -0.2) is 4.39 Å². The predicted octanol–water partition coefficient (Wildman–Crippen LogP) is 2.03. The Kier molecular flexibility index (Phi) is 5.66. The van der Waals surface area contributed by atoms with Gasteiger partial charge in [0.1, 0.15) is 5.82 Å². The maximum absolute atomic E-state index is 13.6. The van der Waals surface area contributed by atoms with Gasteiger partial charge in [0.2, 0.25) is 5.91 Å². The molecule has 0 aliphatic carbocycles. The lowest BCUT2D eigenvalue weighted by atomic mass is 10.0. The Morgan fingerprint density at radius 1 is 1.50 bits per heavy atom. The van der Waals surface area contributed by atoms with Gasteiger partial charge in [-0.2, -0.15) is 5.26 Å². The van der Waals surface area contributed by atoms with Gasteiger partial charge >= 0.3 is 0 Å². The third kappa shape index (κ3) is 4.32. The lowest BCUT2D eigenvalue weighted by Crippen LogP contribution is -2.35. The van der Waals surface area contributed by atoms with Gasteiger partial charge in [-0.3, -0.25) is 4.79 Å². The molecule has 1 rings (SSSR count). The van der Waals surface area contributed by atoms with Crippen LogP contribution in [0.1, 0.15) is 31.4 Å². The monoisotopic (exact) mass is 277 g/mol. The molecule has 20 heavy (non-hydrogen) atoms. The second-order valence-electron chi connectivity index (χ2n) is 5.28. The summed E-state index contributed by atoms with van der Waals surface area (Å²) in [5.74, 6) is -0.337. The summed E-state index contributed by atoms with van der Waals surface area (Å²) in [7, 11) is 1.61. The van der Waals surface area contributed by atoms with E-state index in [1.807, 2.05) is 19.9 Å². The summed E-state index contributed by atoms with van der Waals surface area (Å²) in [4.78, 5) is 13.4. The molecule has 0 bridgehead atoms. The van der Waals surface area contributed by atoms with E-state index in [1.165, 1.54) is 23.1 Å². The summed E-state index contributed by atoms with van der Waals surface area (Å²) < 4.78 is 13.6. The Balaban J connectivity index is 2.73. The van der Waals surface area contributed by atoms with Crippen LogP contribution < -0.4 is 5.73 Å². The molecule has 0 fully saturated rings. The zero-order valence-electron chi connectivity index (χ0n) is 12.1. The number of carbonyl (C=O) groups is 1. The van der Waals surface area contributed by atoms with Gasteiger partial charge in [0.25, 0.3) is 0 Å². The highest BCUT2D eigenvalue weighted by Crippen LogP contribution is 2.13. The summed E-state index contributed by atoms with van der Waals surface area (Å²) in [6, 6.07) is 5.86. The third-order valence-corrected chi connectivity index (χ3v) is 3.27. The van der Waals surface area contributed by atoms with E-state index in [2.05, 4.69) is 0 Å².